The summed E-state index contributed by atoms with van der Waals surface area (Å²) in [6, 6.07) is 0. The molecule has 0 N–H and O–H groups in total. The highest BCUT2D eigenvalue weighted by Crippen LogP contribution is 2.66. The molecular formula is C25H42. The van der Waals surface area contributed by atoms with Crippen molar-refractivity contribution in [2.75, 3.05) is 0 Å². The molecule has 0 aromatic rings. The van der Waals surface area contributed by atoms with Crippen LogP contribution >= 0.6 is 0 Å². The molecule has 4 saturated carbocycles. The van der Waals surface area contributed by atoms with Gasteiger partial charge in [0.15, 0.2) is 0 Å². The van der Waals surface area contributed by atoms with Gasteiger partial charge in [0.1, 0.15) is 0 Å². The maximum Gasteiger partial charge on any atom is -0.0152 e. The van der Waals surface area contributed by atoms with Crippen molar-refractivity contribution >= 4 is 0 Å². The lowest BCUT2D eigenvalue weighted by Crippen LogP contribution is -2.49. The molecule has 142 valence electrons. The van der Waals surface area contributed by atoms with E-state index in [1.807, 2.05) is 0 Å². The molecule has 0 spiro atoms. The van der Waals surface area contributed by atoms with Gasteiger partial charge in [0.05, 0.1) is 0 Å². The Kier molecular flexibility index (Phi) is 4.65. The third-order valence-electron chi connectivity index (χ3n) is 10.3. The van der Waals surface area contributed by atoms with Gasteiger partial charge in [0, 0.05) is 0 Å². The SMILES string of the molecule is C=C(C)C1CCC2C3CCC4CC(CC)(CC)CCC4C3CCC12C. The molecule has 0 heteroatoms. The minimum absolute atomic E-state index is 0.588. The van der Waals surface area contributed by atoms with E-state index in [1.54, 1.807) is 25.7 Å². The summed E-state index contributed by atoms with van der Waals surface area (Å²) >= 11 is 0. The topological polar surface area (TPSA) is 0 Å². The minimum atomic E-state index is 0.588. The third kappa shape index (κ3) is 2.68. The van der Waals surface area contributed by atoms with Crippen LogP contribution in [0.2, 0.25) is 0 Å². The van der Waals surface area contributed by atoms with Crippen molar-refractivity contribution < 1.29 is 0 Å². The lowest BCUT2D eigenvalue weighted by molar-refractivity contribution is -0.0782. The Hall–Kier alpha value is -0.260. The predicted octanol–water partition coefficient (Wildman–Crippen LogP) is 7.64. The molecule has 4 fully saturated rings. The van der Waals surface area contributed by atoms with E-state index in [0.717, 1.165) is 35.5 Å². The summed E-state index contributed by atoms with van der Waals surface area (Å²) in [6.45, 7) is 14.2. The highest BCUT2D eigenvalue weighted by Gasteiger charge is 2.57. The van der Waals surface area contributed by atoms with Crippen molar-refractivity contribution in [1.82, 2.24) is 0 Å². The Morgan fingerprint density at radius 2 is 1.60 bits per heavy atom. The normalized spacial score (nSPS) is 48.3. The first kappa shape index (κ1) is 18.1. The van der Waals surface area contributed by atoms with Crippen LogP contribution < -0.4 is 0 Å². The molecule has 0 heterocycles. The Labute approximate surface area is 157 Å². The van der Waals surface area contributed by atoms with Crippen LogP contribution in [0, 0.1) is 46.3 Å². The standard InChI is InChI=1S/C25H42/c1-6-25(7-2)15-13-19-18(16-25)8-9-21-20(19)12-14-24(5)22(17(3)4)10-11-23(21)24/h18-23H,3,6-16H2,1-2,4-5H3. The van der Waals surface area contributed by atoms with E-state index < -0.39 is 0 Å². The van der Waals surface area contributed by atoms with Crippen LogP contribution in [-0.4, -0.2) is 0 Å². The minimum Gasteiger partial charge on any atom is -0.0998 e. The summed E-state index contributed by atoms with van der Waals surface area (Å²) in [5, 5.41) is 0. The van der Waals surface area contributed by atoms with Crippen molar-refractivity contribution in [1.29, 1.82) is 0 Å². The van der Waals surface area contributed by atoms with E-state index >= 15 is 0 Å². The van der Waals surface area contributed by atoms with Crippen molar-refractivity contribution in [3.05, 3.63) is 12.2 Å². The third-order valence-corrected chi connectivity index (χ3v) is 10.3. The summed E-state index contributed by atoms with van der Waals surface area (Å²) in [5.74, 6) is 6.11. The maximum absolute atomic E-state index is 4.38. The van der Waals surface area contributed by atoms with E-state index in [2.05, 4.69) is 34.3 Å². The van der Waals surface area contributed by atoms with E-state index in [-0.39, 0.29) is 0 Å². The van der Waals surface area contributed by atoms with Gasteiger partial charge in [-0.3, -0.25) is 0 Å². The monoisotopic (exact) mass is 342 g/mol. The Bertz CT molecular complexity index is 512. The molecular weight excluding hydrogens is 300 g/mol. The van der Waals surface area contributed by atoms with Crippen LogP contribution in [0.4, 0.5) is 0 Å². The van der Waals surface area contributed by atoms with E-state index in [1.165, 1.54) is 50.5 Å². The van der Waals surface area contributed by atoms with Crippen LogP contribution in [-0.2, 0) is 0 Å². The molecule has 0 radical (unpaired) electrons. The number of hydrogen-bond acceptors (Lipinski definition) is 0. The Morgan fingerprint density at radius 1 is 0.880 bits per heavy atom. The maximum atomic E-state index is 4.38. The largest absolute Gasteiger partial charge is 0.0998 e. The fourth-order valence-electron chi connectivity index (χ4n) is 8.77. The second-order valence-corrected chi connectivity index (χ2v) is 10.9. The van der Waals surface area contributed by atoms with E-state index in [4.69, 9.17) is 0 Å². The molecule has 25 heavy (non-hydrogen) atoms. The first-order valence-electron chi connectivity index (χ1n) is 11.6. The first-order valence-corrected chi connectivity index (χ1v) is 11.6. The molecule has 0 nitrogen and oxygen atoms in total. The number of allylic oxidation sites excluding steroid dienone is 1. The van der Waals surface area contributed by atoms with Gasteiger partial charge in [-0.1, -0.05) is 45.8 Å². The lowest BCUT2D eigenvalue weighted by Gasteiger charge is -2.58. The second-order valence-electron chi connectivity index (χ2n) is 10.9. The van der Waals surface area contributed by atoms with Gasteiger partial charge in [0.25, 0.3) is 0 Å². The van der Waals surface area contributed by atoms with Gasteiger partial charge in [-0.15, -0.1) is 0 Å². The molecule has 4 aliphatic rings. The molecule has 4 rings (SSSR count). The zero-order chi connectivity index (χ0) is 17.8. The smallest absolute Gasteiger partial charge is 0.0152 e. The first-order chi connectivity index (χ1) is 11.9. The quantitative estimate of drug-likeness (QED) is 0.462. The average Bonchev–Trinajstić information content (AvgIpc) is 2.98. The predicted molar refractivity (Wildman–Crippen MR) is 108 cm³/mol. The van der Waals surface area contributed by atoms with Crippen molar-refractivity contribution in [3.8, 4) is 0 Å². The molecule has 0 saturated heterocycles. The Balaban J connectivity index is 1.53. The van der Waals surface area contributed by atoms with Gasteiger partial charge in [-0.2, -0.15) is 0 Å². The van der Waals surface area contributed by atoms with Gasteiger partial charge in [0.2, 0.25) is 0 Å². The summed E-state index contributed by atoms with van der Waals surface area (Å²) in [6.07, 6.45) is 16.6. The fraction of sp³-hybridized carbons (Fsp3) is 0.920. The van der Waals surface area contributed by atoms with Crippen LogP contribution in [0.25, 0.3) is 0 Å². The summed E-state index contributed by atoms with van der Waals surface area (Å²) < 4.78 is 0. The fourth-order valence-corrected chi connectivity index (χ4v) is 8.77. The van der Waals surface area contributed by atoms with Crippen molar-refractivity contribution in [3.63, 3.8) is 0 Å². The molecule has 0 aromatic carbocycles. The molecule has 0 aliphatic heterocycles. The van der Waals surface area contributed by atoms with E-state index in [9.17, 15) is 0 Å². The summed E-state index contributed by atoms with van der Waals surface area (Å²) in [5.41, 5.74) is 2.77. The summed E-state index contributed by atoms with van der Waals surface area (Å²) in [7, 11) is 0. The van der Waals surface area contributed by atoms with E-state index in [0.29, 0.717) is 10.8 Å². The molecule has 0 amide bonds. The highest BCUT2D eigenvalue weighted by molar-refractivity contribution is 5.14. The van der Waals surface area contributed by atoms with Gasteiger partial charge in [-0.05, 0) is 111 Å². The van der Waals surface area contributed by atoms with Crippen LogP contribution in [0.5, 0.6) is 0 Å². The van der Waals surface area contributed by atoms with Gasteiger partial charge >= 0.3 is 0 Å². The lowest BCUT2D eigenvalue weighted by atomic mass is 9.47. The van der Waals surface area contributed by atoms with Crippen LogP contribution in [0.3, 0.4) is 0 Å². The summed E-state index contributed by atoms with van der Waals surface area (Å²) in [4.78, 5) is 0. The molecule has 4 aliphatic carbocycles. The second kappa shape index (κ2) is 6.42. The molecule has 0 aromatic heterocycles. The molecule has 7 unspecified atom stereocenters. The van der Waals surface area contributed by atoms with Crippen LogP contribution in [0.1, 0.15) is 98.3 Å². The van der Waals surface area contributed by atoms with Crippen molar-refractivity contribution in [2.24, 2.45) is 46.3 Å². The number of hydrogen-bond donors (Lipinski definition) is 0. The number of rotatable bonds is 3. The molecule has 7 atom stereocenters. The Morgan fingerprint density at radius 3 is 2.28 bits per heavy atom. The molecule has 0 bridgehead atoms. The zero-order valence-corrected chi connectivity index (χ0v) is 17.4. The highest BCUT2D eigenvalue weighted by atomic mass is 14.6. The number of fused-ring (bicyclic) bond motifs is 5. The average molecular weight is 343 g/mol. The van der Waals surface area contributed by atoms with Gasteiger partial charge in [-0.25, -0.2) is 0 Å². The van der Waals surface area contributed by atoms with Crippen LogP contribution in [0.15, 0.2) is 12.2 Å². The van der Waals surface area contributed by atoms with Gasteiger partial charge < -0.3 is 0 Å². The zero-order valence-electron chi connectivity index (χ0n) is 17.4. The van der Waals surface area contributed by atoms with Crippen molar-refractivity contribution in [2.45, 2.75) is 98.3 Å².